The van der Waals surface area contributed by atoms with Crippen molar-refractivity contribution in [2.45, 2.75) is 56.4 Å². The van der Waals surface area contributed by atoms with Crippen LogP contribution in [0.5, 0.6) is 0 Å². The van der Waals surface area contributed by atoms with Gasteiger partial charge < -0.3 is 9.64 Å². The van der Waals surface area contributed by atoms with Crippen LogP contribution in [0.1, 0.15) is 45.6 Å². The molecule has 0 spiro atoms. The van der Waals surface area contributed by atoms with E-state index >= 15 is 0 Å². The Hall–Kier alpha value is -1.44. The second kappa shape index (κ2) is 6.70. The van der Waals surface area contributed by atoms with E-state index in [-0.39, 0.29) is 16.9 Å². The predicted octanol–water partition coefficient (Wildman–Crippen LogP) is 2.18. The Morgan fingerprint density at radius 1 is 1.36 bits per heavy atom. The lowest BCUT2D eigenvalue weighted by Gasteiger charge is -2.38. The Morgan fingerprint density at radius 2 is 2.12 bits per heavy atom. The number of carbonyl (C=O) groups is 1. The van der Waals surface area contributed by atoms with E-state index in [0.29, 0.717) is 26.1 Å². The highest BCUT2D eigenvalue weighted by atomic mass is 32.2. The molecule has 6 nitrogen and oxygen atoms in total. The number of sulfonamides is 1. The van der Waals surface area contributed by atoms with E-state index in [9.17, 15) is 13.2 Å². The molecular weight excluding hydrogens is 340 g/mol. The zero-order valence-corrected chi connectivity index (χ0v) is 15.9. The van der Waals surface area contributed by atoms with Crippen LogP contribution in [0.2, 0.25) is 0 Å². The van der Waals surface area contributed by atoms with Crippen molar-refractivity contribution >= 4 is 21.6 Å². The molecule has 2 heterocycles. The molecule has 1 atom stereocenters. The fourth-order valence-electron chi connectivity index (χ4n) is 3.60. The number of hydrogen-bond acceptors (Lipinski definition) is 4. The number of nitrogens with one attached hydrogen (secondary N) is 1. The number of anilines is 1. The molecule has 0 aromatic heterocycles. The molecule has 2 aliphatic heterocycles. The second-order valence-electron chi connectivity index (χ2n) is 7.36. The molecular formula is C18H26N2O4S. The number of carbonyl (C=O) groups excluding carboxylic acids is 1. The van der Waals surface area contributed by atoms with E-state index in [1.165, 1.54) is 0 Å². The monoisotopic (exact) mass is 366 g/mol. The van der Waals surface area contributed by atoms with Gasteiger partial charge in [-0.1, -0.05) is 13.8 Å². The topological polar surface area (TPSA) is 75.7 Å². The van der Waals surface area contributed by atoms with Crippen LogP contribution in [0.3, 0.4) is 0 Å². The average molecular weight is 366 g/mol. The Kier molecular flexibility index (Phi) is 4.92. The summed E-state index contributed by atoms with van der Waals surface area (Å²) in [5.41, 5.74) is 1.31. The van der Waals surface area contributed by atoms with Gasteiger partial charge in [0.2, 0.25) is 15.9 Å². The molecule has 25 heavy (non-hydrogen) atoms. The van der Waals surface area contributed by atoms with Gasteiger partial charge in [0.15, 0.2) is 0 Å². The highest BCUT2D eigenvalue weighted by Gasteiger charge is 2.37. The Bertz CT molecular complexity index is 767. The molecule has 138 valence electrons. The third kappa shape index (κ3) is 3.59. The summed E-state index contributed by atoms with van der Waals surface area (Å²) < 4.78 is 33.4. The first-order valence-corrected chi connectivity index (χ1v) is 10.3. The number of ether oxygens (including phenoxy) is 1. The third-order valence-corrected chi connectivity index (χ3v) is 6.45. The standard InChI is InChI=1S/C18H26N2O4S/c1-4-20-16-8-7-14(10-15(16)18(2,3)11-17(20)21)25(22,23)19-12-13-6-5-9-24-13/h7-8,10,13,19H,4-6,9,11-12H2,1-3H3/t13-/m1/s1. The van der Waals surface area contributed by atoms with Gasteiger partial charge in [-0.05, 0) is 43.5 Å². The Morgan fingerprint density at radius 3 is 2.76 bits per heavy atom. The summed E-state index contributed by atoms with van der Waals surface area (Å²) in [6, 6.07) is 5.04. The largest absolute Gasteiger partial charge is 0.377 e. The lowest BCUT2D eigenvalue weighted by atomic mass is 9.77. The summed E-state index contributed by atoms with van der Waals surface area (Å²) in [6.45, 7) is 7.45. The van der Waals surface area contributed by atoms with E-state index in [0.717, 1.165) is 24.1 Å². The van der Waals surface area contributed by atoms with Crippen molar-refractivity contribution < 1.29 is 17.9 Å². The Balaban J connectivity index is 1.90. The molecule has 0 radical (unpaired) electrons. The van der Waals surface area contributed by atoms with Crippen molar-refractivity contribution in [2.75, 3.05) is 24.6 Å². The molecule has 1 amide bonds. The second-order valence-corrected chi connectivity index (χ2v) is 9.13. The molecule has 0 saturated carbocycles. The van der Waals surface area contributed by atoms with Gasteiger partial charge in [-0.3, -0.25) is 4.79 Å². The summed E-state index contributed by atoms with van der Waals surface area (Å²) in [5.74, 6) is 0.0760. The molecule has 1 aromatic carbocycles. The van der Waals surface area contributed by atoms with Crippen LogP contribution < -0.4 is 9.62 Å². The Labute approximate surface area is 149 Å². The molecule has 7 heteroatoms. The van der Waals surface area contributed by atoms with Gasteiger partial charge in [-0.2, -0.15) is 0 Å². The number of rotatable bonds is 5. The van der Waals surface area contributed by atoms with Crippen molar-refractivity contribution in [3.63, 3.8) is 0 Å². The first-order valence-electron chi connectivity index (χ1n) is 8.81. The molecule has 2 aliphatic rings. The van der Waals surface area contributed by atoms with Crippen molar-refractivity contribution in [1.82, 2.24) is 4.72 Å². The van der Waals surface area contributed by atoms with Crippen molar-refractivity contribution in [2.24, 2.45) is 0 Å². The van der Waals surface area contributed by atoms with Crippen molar-refractivity contribution in [3.05, 3.63) is 23.8 Å². The average Bonchev–Trinajstić information content (AvgIpc) is 3.06. The van der Waals surface area contributed by atoms with Crippen molar-refractivity contribution in [1.29, 1.82) is 0 Å². The van der Waals surface area contributed by atoms with Crippen LogP contribution in [-0.4, -0.2) is 40.1 Å². The number of nitrogens with zero attached hydrogens (tertiary/aromatic N) is 1. The molecule has 1 fully saturated rings. The number of hydrogen-bond donors (Lipinski definition) is 1. The minimum absolute atomic E-state index is 0.0444. The number of benzene rings is 1. The van der Waals surface area contributed by atoms with E-state index in [1.54, 1.807) is 23.1 Å². The molecule has 0 unspecified atom stereocenters. The molecule has 1 aromatic rings. The number of fused-ring (bicyclic) bond motifs is 1. The normalized spacial score (nSPS) is 22.9. The zero-order chi connectivity index (χ0) is 18.2. The highest BCUT2D eigenvalue weighted by molar-refractivity contribution is 7.89. The maximum atomic E-state index is 12.7. The van der Waals surface area contributed by atoms with E-state index in [2.05, 4.69) is 4.72 Å². The molecule has 1 saturated heterocycles. The smallest absolute Gasteiger partial charge is 0.240 e. The van der Waals surface area contributed by atoms with Gasteiger partial charge in [-0.15, -0.1) is 0 Å². The minimum Gasteiger partial charge on any atom is -0.377 e. The quantitative estimate of drug-likeness (QED) is 0.867. The van der Waals surface area contributed by atoms with E-state index < -0.39 is 15.4 Å². The summed E-state index contributed by atoms with van der Waals surface area (Å²) in [4.78, 5) is 14.3. The molecule has 0 aliphatic carbocycles. The fraction of sp³-hybridized carbons (Fsp3) is 0.611. The molecule has 0 bridgehead atoms. The maximum absolute atomic E-state index is 12.7. The van der Waals surface area contributed by atoms with Crippen LogP contribution in [0, 0.1) is 0 Å². The van der Waals surface area contributed by atoms with Crippen LogP contribution in [0.15, 0.2) is 23.1 Å². The third-order valence-electron chi connectivity index (χ3n) is 5.03. The summed E-state index contributed by atoms with van der Waals surface area (Å²) in [5, 5.41) is 0. The van der Waals surface area contributed by atoms with Gasteiger partial charge >= 0.3 is 0 Å². The van der Waals surface area contributed by atoms with Crippen molar-refractivity contribution in [3.8, 4) is 0 Å². The number of amides is 1. The summed E-state index contributed by atoms with van der Waals surface area (Å²) in [6.07, 6.45) is 2.19. The molecule has 1 N–H and O–H groups in total. The fourth-order valence-corrected chi connectivity index (χ4v) is 4.69. The van der Waals surface area contributed by atoms with E-state index in [4.69, 9.17) is 4.74 Å². The first kappa shape index (κ1) is 18.4. The van der Waals surface area contributed by atoms with E-state index in [1.807, 2.05) is 20.8 Å². The van der Waals surface area contributed by atoms with Gasteiger partial charge in [0.1, 0.15) is 0 Å². The summed E-state index contributed by atoms with van der Waals surface area (Å²) in [7, 11) is -3.60. The molecule has 3 rings (SSSR count). The predicted molar refractivity (Wildman–Crippen MR) is 96.3 cm³/mol. The van der Waals surface area contributed by atoms with Gasteiger partial charge in [0.25, 0.3) is 0 Å². The lowest BCUT2D eigenvalue weighted by Crippen LogP contribution is -2.42. The van der Waals surface area contributed by atoms with Crippen LogP contribution in [-0.2, 0) is 25.0 Å². The van der Waals surface area contributed by atoms with Crippen LogP contribution in [0.25, 0.3) is 0 Å². The lowest BCUT2D eigenvalue weighted by molar-refractivity contribution is -0.120. The first-order chi connectivity index (χ1) is 11.7. The van der Waals surface area contributed by atoms with Crippen LogP contribution in [0.4, 0.5) is 5.69 Å². The highest BCUT2D eigenvalue weighted by Crippen LogP contribution is 2.41. The zero-order valence-electron chi connectivity index (χ0n) is 15.0. The van der Waals surface area contributed by atoms with Gasteiger partial charge in [-0.25, -0.2) is 13.1 Å². The maximum Gasteiger partial charge on any atom is 0.240 e. The van der Waals surface area contributed by atoms with Gasteiger partial charge in [0, 0.05) is 37.2 Å². The SMILES string of the molecule is CCN1C(=O)CC(C)(C)c2cc(S(=O)(=O)NC[C@H]3CCCO3)ccc21. The summed E-state index contributed by atoms with van der Waals surface area (Å²) >= 11 is 0. The minimum atomic E-state index is -3.60. The van der Waals surface area contributed by atoms with Crippen LogP contribution >= 0.6 is 0 Å². The van der Waals surface area contributed by atoms with Gasteiger partial charge in [0.05, 0.1) is 11.0 Å².